The van der Waals surface area contributed by atoms with Gasteiger partial charge in [0.25, 0.3) is 0 Å². The molecule has 2 rings (SSSR count). The van der Waals surface area contributed by atoms with Crippen LogP contribution in [-0.4, -0.2) is 20.1 Å². The molecule has 0 aliphatic heterocycles. The SMILES string of the molecule is O=S(=O)(NCCCC1CCCC1)c1ccc(O)cc1. The molecule has 0 aromatic heterocycles. The normalized spacial score (nSPS) is 16.8. The first kappa shape index (κ1) is 14.3. The molecule has 0 atom stereocenters. The van der Waals surface area contributed by atoms with E-state index >= 15 is 0 Å². The molecule has 1 fully saturated rings. The van der Waals surface area contributed by atoms with Gasteiger partial charge in [-0.1, -0.05) is 25.7 Å². The largest absolute Gasteiger partial charge is 0.508 e. The van der Waals surface area contributed by atoms with E-state index in [1.807, 2.05) is 0 Å². The molecule has 1 saturated carbocycles. The van der Waals surface area contributed by atoms with Crippen LogP contribution in [0, 0.1) is 5.92 Å². The van der Waals surface area contributed by atoms with Crippen molar-refractivity contribution in [2.45, 2.75) is 43.4 Å². The summed E-state index contributed by atoms with van der Waals surface area (Å²) in [6.45, 7) is 0.486. The highest BCUT2D eigenvalue weighted by molar-refractivity contribution is 7.89. The Morgan fingerprint density at radius 1 is 1.16 bits per heavy atom. The minimum Gasteiger partial charge on any atom is -0.508 e. The Morgan fingerprint density at radius 3 is 2.42 bits per heavy atom. The fourth-order valence-corrected chi connectivity index (χ4v) is 3.68. The zero-order valence-corrected chi connectivity index (χ0v) is 11.8. The van der Waals surface area contributed by atoms with Gasteiger partial charge in [-0.15, -0.1) is 0 Å². The molecule has 4 nitrogen and oxygen atoms in total. The molecule has 0 radical (unpaired) electrons. The van der Waals surface area contributed by atoms with Gasteiger partial charge in [-0.05, 0) is 43.0 Å². The highest BCUT2D eigenvalue weighted by Gasteiger charge is 2.16. The average Bonchev–Trinajstić information content (AvgIpc) is 2.88. The van der Waals surface area contributed by atoms with Gasteiger partial charge in [0.05, 0.1) is 4.90 Å². The molecular formula is C14H21NO3S. The molecule has 106 valence electrons. The number of phenolic OH excluding ortho intramolecular Hbond substituents is 1. The van der Waals surface area contributed by atoms with Crippen molar-refractivity contribution in [2.24, 2.45) is 5.92 Å². The molecule has 2 N–H and O–H groups in total. The van der Waals surface area contributed by atoms with Crippen LogP contribution in [0.5, 0.6) is 5.75 Å². The number of hydrogen-bond donors (Lipinski definition) is 2. The Kier molecular flexibility index (Phi) is 4.82. The Balaban J connectivity index is 1.79. The van der Waals surface area contributed by atoms with Gasteiger partial charge < -0.3 is 5.11 Å². The lowest BCUT2D eigenvalue weighted by atomic mass is 10.0. The van der Waals surface area contributed by atoms with Crippen LogP contribution in [0.2, 0.25) is 0 Å². The smallest absolute Gasteiger partial charge is 0.240 e. The van der Waals surface area contributed by atoms with Crippen LogP contribution in [0.3, 0.4) is 0 Å². The summed E-state index contributed by atoms with van der Waals surface area (Å²) in [6.07, 6.45) is 7.24. The highest BCUT2D eigenvalue weighted by atomic mass is 32.2. The number of sulfonamides is 1. The van der Waals surface area contributed by atoms with Crippen molar-refractivity contribution in [3.05, 3.63) is 24.3 Å². The average molecular weight is 283 g/mol. The number of aromatic hydroxyl groups is 1. The van der Waals surface area contributed by atoms with Crippen LogP contribution in [0.4, 0.5) is 0 Å². The third-order valence-corrected chi connectivity index (χ3v) is 5.18. The fraction of sp³-hybridized carbons (Fsp3) is 0.571. The van der Waals surface area contributed by atoms with E-state index in [9.17, 15) is 8.42 Å². The standard InChI is InChI=1S/C14H21NO3S/c16-13-7-9-14(10-8-13)19(17,18)15-11-3-6-12-4-1-2-5-12/h7-10,12,15-16H,1-6,11H2. The first-order chi connectivity index (χ1) is 9.08. The number of hydrogen-bond acceptors (Lipinski definition) is 3. The fourth-order valence-electron chi connectivity index (χ4n) is 2.60. The van der Waals surface area contributed by atoms with Gasteiger partial charge in [0, 0.05) is 6.54 Å². The first-order valence-electron chi connectivity index (χ1n) is 6.86. The van der Waals surface area contributed by atoms with Gasteiger partial charge in [-0.25, -0.2) is 13.1 Å². The van der Waals surface area contributed by atoms with Crippen LogP contribution in [0.25, 0.3) is 0 Å². The quantitative estimate of drug-likeness (QED) is 0.789. The number of nitrogens with one attached hydrogen (secondary N) is 1. The summed E-state index contributed by atoms with van der Waals surface area (Å²) in [5.41, 5.74) is 0. The van der Waals surface area contributed by atoms with Crippen molar-refractivity contribution in [1.82, 2.24) is 4.72 Å². The number of rotatable bonds is 6. The van der Waals surface area contributed by atoms with E-state index in [1.165, 1.54) is 49.9 Å². The van der Waals surface area contributed by atoms with Crippen molar-refractivity contribution >= 4 is 10.0 Å². The molecule has 0 bridgehead atoms. The van der Waals surface area contributed by atoms with Gasteiger partial charge in [0.15, 0.2) is 0 Å². The molecular weight excluding hydrogens is 262 g/mol. The zero-order chi connectivity index (χ0) is 13.7. The van der Waals surface area contributed by atoms with Crippen molar-refractivity contribution in [1.29, 1.82) is 0 Å². The van der Waals surface area contributed by atoms with Gasteiger partial charge in [-0.3, -0.25) is 0 Å². The molecule has 0 amide bonds. The molecule has 0 unspecified atom stereocenters. The van der Waals surface area contributed by atoms with E-state index in [-0.39, 0.29) is 10.6 Å². The summed E-state index contributed by atoms with van der Waals surface area (Å²) in [7, 11) is -3.43. The Bertz CT molecular complexity index is 490. The number of phenols is 1. The molecule has 0 heterocycles. The second kappa shape index (κ2) is 6.39. The Hall–Kier alpha value is -1.07. The predicted octanol–water partition coefficient (Wildman–Crippen LogP) is 2.64. The Labute approximate surface area is 114 Å². The van der Waals surface area contributed by atoms with Crippen LogP contribution < -0.4 is 4.72 Å². The van der Waals surface area contributed by atoms with E-state index < -0.39 is 10.0 Å². The lowest BCUT2D eigenvalue weighted by Gasteiger charge is -2.10. The second-order valence-corrected chi connectivity index (χ2v) is 6.95. The van der Waals surface area contributed by atoms with E-state index in [2.05, 4.69) is 4.72 Å². The van der Waals surface area contributed by atoms with E-state index in [0.717, 1.165) is 18.8 Å². The minimum atomic E-state index is -3.43. The van der Waals surface area contributed by atoms with Gasteiger partial charge in [0.1, 0.15) is 5.75 Å². The molecule has 1 aromatic rings. The minimum absolute atomic E-state index is 0.0696. The van der Waals surface area contributed by atoms with E-state index in [4.69, 9.17) is 5.11 Å². The van der Waals surface area contributed by atoms with Crippen LogP contribution >= 0.6 is 0 Å². The maximum atomic E-state index is 11.9. The van der Waals surface area contributed by atoms with Gasteiger partial charge >= 0.3 is 0 Å². The molecule has 1 aliphatic carbocycles. The summed E-state index contributed by atoms with van der Waals surface area (Å²) in [5.74, 6) is 0.860. The lowest BCUT2D eigenvalue weighted by molar-refractivity contribution is 0.474. The van der Waals surface area contributed by atoms with E-state index in [1.54, 1.807) is 0 Å². The van der Waals surface area contributed by atoms with Crippen molar-refractivity contribution in [3.63, 3.8) is 0 Å². The maximum absolute atomic E-state index is 11.9. The van der Waals surface area contributed by atoms with Gasteiger partial charge in [-0.2, -0.15) is 0 Å². The second-order valence-electron chi connectivity index (χ2n) is 5.18. The third kappa shape index (κ3) is 4.21. The molecule has 1 aromatic carbocycles. The molecule has 1 aliphatic rings. The molecule has 0 spiro atoms. The molecule has 19 heavy (non-hydrogen) atoms. The number of benzene rings is 1. The highest BCUT2D eigenvalue weighted by Crippen LogP contribution is 2.28. The van der Waals surface area contributed by atoms with Gasteiger partial charge in [0.2, 0.25) is 10.0 Å². The summed E-state index contributed by atoms with van der Waals surface area (Å²) < 4.78 is 26.5. The lowest BCUT2D eigenvalue weighted by Crippen LogP contribution is -2.25. The molecule has 5 heteroatoms. The van der Waals surface area contributed by atoms with Crippen LogP contribution in [0.1, 0.15) is 38.5 Å². The first-order valence-corrected chi connectivity index (χ1v) is 8.35. The van der Waals surface area contributed by atoms with Crippen molar-refractivity contribution < 1.29 is 13.5 Å². The van der Waals surface area contributed by atoms with Crippen LogP contribution in [0.15, 0.2) is 29.2 Å². The molecule has 0 saturated heterocycles. The summed E-state index contributed by atoms with van der Waals surface area (Å²) in [4.78, 5) is 0.200. The third-order valence-electron chi connectivity index (χ3n) is 3.70. The Morgan fingerprint density at radius 2 is 1.79 bits per heavy atom. The summed E-state index contributed by atoms with van der Waals surface area (Å²) in [5, 5.41) is 9.14. The van der Waals surface area contributed by atoms with Crippen molar-refractivity contribution in [3.8, 4) is 5.75 Å². The monoisotopic (exact) mass is 283 g/mol. The zero-order valence-electron chi connectivity index (χ0n) is 11.0. The van der Waals surface area contributed by atoms with Crippen LogP contribution in [-0.2, 0) is 10.0 Å². The summed E-state index contributed by atoms with van der Waals surface area (Å²) >= 11 is 0. The predicted molar refractivity (Wildman–Crippen MR) is 74.5 cm³/mol. The van der Waals surface area contributed by atoms with Crippen molar-refractivity contribution in [2.75, 3.05) is 6.54 Å². The maximum Gasteiger partial charge on any atom is 0.240 e. The summed E-state index contributed by atoms with van der Waals surface area (Å²) in [6, 6.07) is 5.59. The van der Waals surface area contributed by atoms with E-state index in [0.29, 0.717) is 6.54 Å². The topological polar surface area (TPSA) is 66.4 Å².